The predicted molar refractivity (Wildman–Crippen MR) is 90.3 cm³/mol. The molecule has 1 aliphatic heterocycles. The van der Waals surface area contributed by atoms with Gasteiger partial charge in [-0.05, 0) is 44.7 Å². The summed E-state index contributed by atoms with van der Waals surface area (Å²) in [7, 11) is 1.86. The van der Waals surface area contributed by atoms with Crippen molar-refractivity contribution in [3.8, 4) is 0 Å². The third kappa shape index (κ3) is 4.53. The van der Waals surface area contributed by atoms with Crippen LogP contribution in [0, 0.1) is 5.92 Å². The number of piperidine rings is 1. The maximum Gasteiger partial charge on any atom is 0.227 e. The molecule has 1 aromatic rings. The highest BCUT2D eigenvalue weighted by atomic mass is 16.1. The SMILES string of the molecule is Cn1nc(C2CCNCC2)nc1NC(=O)CC1CCCCCC1. The summed E-state index contributed by atoms with van der Waals surface area (Å²) in [4.78, 5) is 16.9. The number of nitrogens with zero attached hydrogens (tertiary/aromatic N) is 3. The lowest BCUT2D eigenvalue weighted by molar-refractivity contribution is -0.117. The molecule has 6 nitrogen and oxygen atoms in total. The van der Waals surface area contributed by atoms with Gasteiger partial charge in [0, 0.05) is 19.4 Å². The van der Waals surface area contributed by atoms with Crippen molar-refractivity contribution in [3.63, 3.8) is 0 Å². The highest BCUT2D eigenvalue weighted by molar-refractivity contribution is 5.89. The van der Waals surface area contributed by atoms with Crippen LogP contribution in [0.4, 0.5) is 5.95 Å². The van der Waals surface area contributed by atoms with Gasteiger partial charge in [0.1, 0.15) is 0 Å². The molecule has 2 N–H and O–H groups in total. The Morgan fingerprint density at radius 1 is 1.17 bits per heavy atom. The first-order valence-corrected chi connectivity index (χ1v) is 9.14. The second kappa shape index (κ2) is 7.90. The van der Waals surface area contributed by atoms with Crippen LogP contribution < -0.4 is 10.6 Å². The monoisotopic (exact) mass is 319 g/mol. The van der Waals surface area contributed by atoms with Crippen LogP contribution in [0.5, 0.6) is 0 Å². The second-order valence-corrected chi connectivity index (χ2v) is 7.05. The molecule has 2 fully saturated rings. The molecule has 128 valence electrons. The molecule has 1 saturated heterocycles. The van der Waals surface area contributed by atoms with E-state index < -0.39 is 0 Å². The third-order valence-corrected chi connectivity index (χ3v) is 5.18. The molecule has 1 saturated carbocycles. The van der Waals surface area contributed by atoms with Crippen molar-refractivity contribution in [2.24, 2.45) is 13.0 Å². The van der Waals surface area contributed by atoms with E-state index in [9.17, 15) is 4.79 Å². The molecule has 2 aliphatic rings. The zero-order valence-electron chi connectivity index (χ0n) is 14.2. The number of carbonyl (C=O) groups excluding carboxylic acids is 1. The average molecular weight is 319 g/mol. The van der Waals surface area contributed by atoms with Gasteiger partial charge < -0.3 is 5.32 Å². The summed E-state index contributed by atoms with van der Waals surface area (Å²) in [5.41, 5.74) is 0. The number of nitrogens with one attached hydrogen (secondary N) is 2. The van der Waals surface area contributed by atoms with Crippen LogP contribution in [0.2, 0.25) is 0 Å². The summed E-state index contributed by atoms with van der Waals surface area (Å²) < 4.78 is 1.71. The Morgan fingerprint density at radius 2 is 1.87 bits per heavy atom. The van der Waals surface area contributed by atoms with Crippen molar-refractivity contribution in [1.29, 1.82) is 0 Å². The first kappa shape index (κ1) is 16.4. The van der Waals surface area contributed by atoms with Crippen LogP contribution in [-0.2, 0) is 11.8 Å². The molecule has 1 aliphatic carbocycles. The number of aryl methyl sites for hydroxylation is 1. The van der Waals surface area contributed by atoms with Gasteiger partial charge in [0.15, 0.2) is 5.82 Å². The Kier molecular flexibility index (Phi) is 5.65. The van der Waals surface area contributed by atoms with Crippen molar-refractivity contribution < 1.29 is 4.79 Å². The van der Waals surface area contributed by atoms with Crippen molar-refractivity contribution in [3.05, 3.63) is 5.82 Å². The maximum absolute atomic E-state index is 12.3. The van der Waals surface area contributed by atoms with Crippen LogP contribution in [0.3, 0.4) is 0 Å². The molecule has 3 rings (SSSR count). The highest BCUT2D eigenvalue weighted by Gasteiger charge is 2.22. The Hall–Kier alpha value is -1.43. The number of hydrogen-bond acceptors (Lipinski definition) is 4. The van der Waals surface area contributed by atoms with E-state index in [1.165, 1.54) is 38.5 Å². The number of anilines is 1. The quantitative estimate of drug-likeness (QED) is 0.837. The van der Waals surface area contributed by atoms with Crippen LogP contribution in [0.25, 0.3) is 0 Å². The fraction of sp³-hybridized carbons (Fsp3) is 0.824. The third-order valence-electron chi connectivity index (χ3n) is 5.18. The number of aromatic nitrogens is 3. The van der Waals surface area contributed by atoms with Crippen molar-refractivity contribution in [2.75, 3.05) is 18.4 Å². The standard InChI is InChI=1S/C17H29N5O/c1-22-17(20-16(21-22)14-8-10-18-11-9-14)19-15(23)12-13-6-4-2-3-5-7-13/h13-14,18H,2-12H2,1H3,(H,19,20,21,23). The largest absolute Gasteiger partial charge is 0.317 e. The van der Waals surface area contributed by atoms with Gasteiger partial charge in [0.05, 0.1) is 0 Å². The van der Waals surface area contributed by atoms with E-state index in [4.69, 9.17) is 0 Å². The first-order chi connectivity index (χ1) is 11.2. The van der Waals surface area contributed by atoms with E-state index in [1.54, 1.807) is 4.68 Å². The molecule has 23 heavy (non-hydrogen) atoms. The highest BCUT2D eigenvalue weighted by Crippen LogP contribution is 2.26. The molecule has 1 amide bonds. The van der Waals surface area contributed by atoms with Crippen LogP contribution >= 0.6 is 0 Å². The summed E-state index contributed by atoms with van der Waals surface area (Å²) in [5, 5.41) is 10.8. The zero-order valence-corrected chi connectivity index (χ0v) is 14.2. The lowest BCUT2D eigenvalue weighted by atomic mass is 9.96. The molecule has 0 bridgehead atoms. The molecular formula is C17H29N5O. The molecule has 0 aromatic carbocycles. The Bertz CT molecular complexity index is 513. The minimum atomic E-state index is 0.0873. The summed E-state index contributed by atoms with van der Waals surface area (Å²) >= 11 is 0. The normalized spacial score (nSPS) is 21.1. The number of carbonyl (C=O) groups is 1. The Morgan fingerprint density at radius 3 is 2.57 bits per heavy atom. The van der Waals surface area contributed by atoms with Crippen LogP contribution in [0.15, 0.2) is 0 Å². The van der Waals surface area contributed by atoms with E-state index in [0.717, 1.165) is 31.8 Å². The van der Waals surface area contributed by atoms with Gasteiger partial charge in [-0.1, -0.05) is 25.7 Å². The van der Waals surface area contributed by atoms with Gasteiger partial charge in [-0.3, -0.25) is 10.1 Å². The van der Waals surface area contributed by atoms with Gasteiger partial charge in [0.25, 0.3) is 0 Å². The topological polar surface area (TPSA) is 71.8 Å². The molecule has 0 spiro atoms. The molecule has 0 atom stereocenters. The predicted octanol–water partition coefficient (Wildman–Crippen LogP) is 2.58. The van der Waals surface area contributed by atoms with Gasteiger partial charge in [0.2, 0.25) is 11.9 Å². The molecule has 6 heteroatoms. The molecule has 0 unspecified atom stereocenters. The molecule has 0 radical (unpaired) electrons. The van der Waals surface area contributed by atoms with Crippen molar-refractivity contribution >= 4 is 11.9 Å². The maximum atomic E-state index is 12.3. The number of amides is 1. The fourth-order valence-electron chi connectivity index (χ4n) is 3.77. The lowest BCUT2D eigenvalue weighted by Gasteiger charge is -2.19. The van der Waals surface area contributed by atoms with Gasteiger partial charge in [-0.15, -0.1) is 0 Å². The minimum Gasteiger partial charge on any atom is -0.317 e. The van der Waals surface area contributed by atoms with Crippen LogP contribution in [0.1, 0.15) is 69.5 Å². The van der Waals surface area contributed by atoms with E-state index in [2.05, 4.69) is 20.7 Å². The summed E-state index contributed by atoms with van der Waals surface area (Å²) in [6.45, 7) is 2.04. The first-order valence-electron chi connectivity index (χ1n) is 9.14. The average Bonchev–Trinajstić information content (AvgIpc) is 2.75. The van der Waals surface area contributed by atoms with E-state index >= 15 is 0 Å². The Labute approximate surface area is 138 Å². The summed E-state index contributed by atoms with van der Waals surface area (Å²) in [5.74, 6) is 2.50. The molecule has 1 aromatic heterocycles. The smallest absolute Gasteiger partial charge is 0.227 e. The Balaban J connectivity index is 1.56. The molecular weight excluding hydrogens is 290 g/mol. The van der Waals surface area contributed by atoms with Gasteiger partial charge in [-0.25, -0.2) is 4.68 Å². The van der Waals surface area contributed by atoms with Crippen LogP contribution in [-0.4, -0.2) is 33.8 Å². The van der Waals surface area contributed by atoms with Crippen molar-refractivity contribution in [2.45, 2.75) is 63.7 Å². The number of hydrogen-bond donors (Lipinski definition) is 2. The van der Waals surface area contributed by atoms with E-state index in [0.29, 0.717) is 24.2 Å². The minimum absolute atomic E-state index is 0.0873. The second-order valence-electron chi connectivity index (χ2n) is 7.05. The summed E-state index contributed by atoms with van der Waals surface area (Å²) in [6, 6.07) is 0. The fourth-order valence-corrected chi connectivity index (χ4v) is 3.77. The van der Waals surface area contributed by atoms with Crippen molar-refractivity contribution in [1.82, 2.24) is 20.1 Å². The van der Waals surface area contributed by atoms with E-state index in [-0.39, 0.29) is 5.91 Å². The lowest BCUT2D eigenvalue weighted by Crippen LogP contribution is -2.27. The zero-order chi connectivity index (χ0) is 16.1. The summed E-state index contributed by atoms with van der Waals surface area (Å²) in [6.07, 6.45) is 10.3. The molecule has 2 heterocycles. The van der Waals surface area contributed by atoms with E-state index in [1.807, 2.05) is 7.05 Å². The number of rotatable bonds is 4. The van der Waals surface area contributed by atoms with Gasteiger partial charge in [-0.2, -0.15) is 10.1 Å². The van der Waals surface area contributed by atoms with Gasteiger partial charge >= 0.3 is 0 Å².